The van der Waals surface area contributed by atoms with Crippen molar-refractivity contribution in [2.45, 2.75) is 33.4 Å². The van der Waals surface area contributed by atoms with Gasteiger partial charge < -0.3 is 9.84 Å². The normalized spacial score (nSPS) is 10.0. The van der Waals surface area contributed by atoms with Gasteiger partial charge in [0.15, 0.2) is 0 Å². The molecular formula is C17H20N2O2. The van der Waals surface area contributed by atoms with Crippen LogP contribution in [0.3, 0.4) is 0 Å². The van der Waals surface area contributed by atoms with E-state index in [0.29, 0.717) is 13.0 Å². The van der Waals surface area contributed by atoms with Gasteiger partial charge in [-0.05, 0) is 31.5 Å². The fraction of sp³-hybridized carbons (Fsp3) is 0.353. The van der Waals surface area contributed by atoms with E-state index in [9.17, 15) is 0 Å². The van der Waals surface area contributed by atoms with Crippen molar-refractivity contribution in [3.05, 3.63) is 47.3 Å². The lowest BCUT2D eigenvalue weighted by Crippen LogP contribution is -1.97. The van der Waals surface area contributed by atoms with E-state index in [1.165, 1.54) is 0 Å². The fourth-order valence-corrected chi connectivity index (χ4v) is 1.90. The Morgan fingerprint density at radius 1 is 1.38 bits per heavy atom. The third-order valence-electron chi connectivity index (χ3n) is 3.00. The average Bonchev–Trinajstić information content (AvgIpc) is 2.95. The Balaban J connectivity index is 2.10. The van der Waals surface area contributed by atoms with Crippen molar-refractivity contribution in [1.29, 1.82) is 0 Å². The summed E-state index contributed by atoms with van der Waals surface area (Å²) in [6.45, 7) is 5.46. The largest absolute Gasteiger partial charge is 0.487 e. The van der Waals surface area contributed by atoms with Crippen LogP contribution in [0, 0.1) is 18.8 Å². The van der Waals surface area contributed by atoms with E-state index in [1.54, 1.807) is 0 Å². The highest BCUT2D eigenvalue weighted by atomic mass is 16.5. The minimum atomic E-state index is 0.0746. The highest BCUT2D eigenvalue weighted by Gasteiger charge is 2.04. The molecule has 0 spiro atoms. The molecule has 0 fully saturated rings. The third kappa shape index (κ3) is 4.37. The second kappa shape index (κ2) is 7.51. The van der Waals surface area contributed by atoms with Gasteiger partial charge in [-0.1, -0.05) is 17.9 Å². The van der Waals surface area contributed by atoms with E-state index in [-0.39, 0.29) is 6.61 Å². The first kappa shape index (κ1) is 15.1. The van der Waals surface area contributed by atoms with Crippen LogP contribution in [0.4, 0.5) is 0 Å². The van der Waals surface area contributed by atoms with Gasteiger partial charge in [-0.25, -0.2) is 0 Å². The summed E-state index contributed by atoms with van der Waals surface area (Å²) in [4.78, 5) is 0. The van der Waals surface area contributed by atoms with Crippen LogP contribution in [0.15, 0.2) is 30.6 Å². The first-order valence-corrected chi connectivity index (χ1v) is 7.07. The zero-order valence-electron chi connectivity index (χ0n) is 12.5. The van der Waals surface area contributed by atoms with Crippen LogP contribution in [0.25, 0.3) is 0 Å². The van der Waals surface area contributed by atoms with Gasteiger partial charge in [-0.2, -0.15) is 5.10 Å². The predicted octanol–water partition coefficient (Wildman–Crippen LogP) is 2.52. The number of ether oxygens (including phenoxy) is 1. The van der Waals surface area contributed by atoms with Gasteiger partial charge in [-0.15, -0.1) is 0 Å². The fourth-order valence-electron chi connectivity index (χ4n) is 1.90. The van der Waals surface area contributed by atoms with E-state index in [1.807, 2.05) is 49.1 Å². The molecule has 1 aromatic heterocycles. The topological polar surface area (TPSA) is 47.3 Å². The molecule has 0 atom stereocenters. The highest BCUT2D eigenvalue weighted by molar-refractivity contribution is 5.48. The molecule has 110 valence electrons. The molecule has 1 heterocycles. The van der Waals surface area contributed by atoms with Crippen molar-refractivity contribution in [3.63, 3.8) is 0 Å². The molecule has 4 heteroatoms. The molecule has 0 bridgehead atoms. The molecule has 1 N–H and O–H groups in total. The van der Waals surface area contributed by atoms with Crippen molar-refractivity contribution in [3.8, 4) is 17.6 Å². The zero-order chi connectivity index (χ0) is 15.1. The highest BCUT2D eigenvalue weighted by Crippen LogP contribution is 2.20. The van der Waals surface area contributed by atoms with E-state index >= 15 is 0 Å². The van der Waals surface area contributed by atoms with Crippen molar-refractivity contribution in [2.24, 2.45) is 0 Å². The standard InChI is InChI=1S/C17H20N2O2/c1-3-19-12-15(11-18-19)13-21-17-8-7-14(2)10-16(17)6-4-5-9-20/h7-8,10-12,20H,3,5,9,13H2,1-2H3. The Labute approximate surface area is 125 Å². The maximum atomic E-state index is 8.80. The lowest BCUT2D eigenvalue weighted by atomic mass is 10.1. The van der Waals surface area contributed by atoms with Crippen molar-refractivity contribution < 1.29 is 9.84 Å². The summed E-state index contributed by atoms with van der Waals surface area (Å²) in [6.07, 6.45) is 4.26. The molecule has 0 unspecified atom stereocenters. The molecule has 1 aromatic carbocycles. The van der Waals surface area contributed by atoms with Crippen LogP contribution >= 0.6 is 0 Å². The van der Waals surface area contributed by atoms with Gasteiger partial charge in [0.1, 0.15) is 12.4 Å². The van der Waals surface area contributed by atoms with Crippen LogP contribution in [-0.2, 0) is 13.2 Å². The van der Waals surface area contributed by atoms with Crippen LogP contribution in [0.5, 0.6) is 5.75 Å². The predicted molar refractivity (Wildman–Crippen MR) is 82.0 cm³/mol. The summed E-state index contributed by atoms with van der Waals surface area (Å²) in [6, 6.07) is 5.93. The second-order valence-corrected chi connectivity index (χ2v) is 4.77. The van der Waals surface area contributed by atoms with Crippen LogP contribution in [0.2, 0.25) is 0 Å². The number of rotatable bonds is 5. The molecule has 0 saturated heterocycles. The smallest absolute Gasteiger partial charge is 0.135 e. The van der Waals surface area contributed by atoms with Gasteiger partial charge >= 0.3 is 0 Å². The summed E-state index contributed by atoms with van der Waals surface area (Å²) in [5, 5.41) is 13.0. The Morgan fingerprint density at radius 3 is 2.95 bits per heavy atom. The SMILES string of the molecule is CCn1cc(COc2ccc(C)cc2C#CCCO)cn1. The summed E-state index contributed by atoms with van der Waals surface area (Å²) in [7, 11) is 0. The molecule has 0 radical (unpaired) electrons. The number of aromatic nitrogens is 2. The Bertz CT molecular complexity index is 650. The summed E-state index contributed by atoms with van der Waals surface area (Å²) in [5.41, 5.74) is 3.02. The van der Waals surface area contributed by atoms with Crippen LogP contribution in [0.1, 0.15) is 30.0 Å². The number of benzene rings is 1. The molecule has 0 aliphatic rings. The Morgan fingerprint density at radius 2 is 2.24 bits per heavy atom. The lowest BCUT2D eigenvalue weighted by molar-refractivity contribution is 0.304. The van der Waals surface area contributed by atoms with Crippen LogP contribution in [-0.4, -0.2) is 21.5 Å². The van der Waals surface area contributed by atoms with Crippen LogP contribution < -0.4 is 4.74 Å². The molecule has 0 aliphatic heterocycles. The molecular weight excluding hydrogens is 264 g/mol. The first-order chi connectivity index (χ1) is 10.2. The summed E-state index contributed by atoms with van der Waals surface area (Å²) in [5.74, 6) is 6.75. The molecule has 0 aliphatic carbocycles. The number of hydrogen-bond acceptors (Lipinski definition) is 3. The molecule has 0 saturated carbocycles. The molecule has 4 nitrogen and oxygen atoms in total. The van der Waals surface area contributed by atoms with Crippen molar-refractivity contribution >= 4 is 0 Å². The third-order valence-corrected chi connectivity index (χ3v) is 3.00. The Kier molecular flexibility index (Phi) is 5.42. The maximum absolute atomic E-state index is 8.80. The second-order valence-electron chi connectivity index (χ2n) is 4.77. The van der Waals surface area contributed by atoms with Gasteiger partial charge in [0.25, 0.3) is 0 Å². The number of nitrogens with zero attached hydrogens (tertiary/aromatic N) is 2. The Hall–Kier alpha value is -2.25. The molecule has 2 rings (SSSR count). The van der Waals surface area contributed by atoms with E-state index in [4.69, 9.17) is 9.84 Å². The molecule has 2 aromatic rings. The number of aliphatic hydroxyl groups excluding tert-OH is 1. The number of aliphatic hydroxyl groups is 1. The summed E-state index contributed by atoms with van der Waals surface area (Å²) >= 11 is 0. The van der Waals surface area contributed by atoms with E-state index in [0.717, 1.165) is 29.0 Å². The molecule has 0 amide bonds. The minimum absolute atomic E-state index is 0.0746. The summed E-state index contributed by atoms with van der Waals surface area (Å²) < 4.78 is 7.72. The lowest BCUT2D eigenvalue weighted by Gasteiger charge is -2.08. The van der Waals surface area contributed by atoms with E-state index < -0.39 is 0 Å². The monoisotopic (exact) mass is 284 g/mol. The maximum Gasteiger partial charge on any atom is 0.135 e. The molecule has 21 heavy (non-hydrogen) atoms. The average molecular weight is 284 g/mol. The number of aryl methyl sites for hydroxylation is 2. The van der Waals surface area contributed by atoms with Gasteiger partial charge in [0, 0.05) is 24.7 Å². The quantitative estimate of drug-likeness (QED) is 0.858. The zero-order valence-corrected chi connectivity index (χ0v) is 12.5. The van der Waals surface area contributed by atoms with Gasteiger partial charge in [0.2, 0.25) is 0 Å². The van der Waals surface area contributed by atoms with Gasteiger partial charge in [-0.3, -0.25) is 4.68 Å². The van der Waals surface area contributed by atoms with Gasteiger partial charge in [0.05, 0.1) is 18.4 Å². The van der Waals surface area contributed by atoms with Crippen molar-refractivity contribution in [2.75, 3.05) is 6.61 Å². The first-order valence-electron chi connectivity index (χ1n) is 7.07. The number of hydrogen-bond donors (Lipinski definition) is 1. The van der Waals surface area contributed by atoms with E-state index in [2.05, 4.69) is 16.9 Å². The minimum Gasteiger partial charge on any atom is -0.487 e. The van der Waals surface area contributed by atoms with Crippen molar-refractivity contribution in [1.82, 2.24) is 9.78 Å².